The highest BCUT2D eigenvalue weighted by atomic mass is 16.5. The molecule has 3 aromatic carbocycles. The van der Waals surface area contributed by atoms with Crippen molar-refractivity contribution in [2.75, 3.05) is 12.0 Å². The molecule has 0 saturated carbocycles. The number of para-hydroxylation sites is 1. The van der Waals surface area contributed by atoms with E-state index >= 15 is 0 Å². The minimum atomic E-state index is -0.634. The topological polar surface area (TPSA) is 101 Å². The van der Waals surface area contributed by atoms with Gasteiger partial charge in [-0.25, -0.2) is 4.79 Å². The molecule has 35 heavy (non-hydrogen) atoms. The van der Waals surface area contributed by atoms with Gasteiger partial charge in [-0.05, 0) is 43.7 Å². The van der Waals surface area contributed by atoms with Gasteiger partial charge in [-0.15, -0.1) is 0 Å². The number of methoxy groups -OCH3 is 1. The lowest BCUT2D eigenvalue weighted by atomic mass is 9.94. The van der Waals surface area contributed by atoms with Gasteiger partial charge in [0.05, 0.1) is 24.4 Å². The van der Waals surface area contributed by atoms with Gasteiger partial charge in [-0.2, -0.15) is 4.98 Å². The summed E-state index contributed by atoms with van der Waals surface area (Å²) in [5.74, 6) is 1.02. The number of hydrogen-bond donors (Lipinski definition) is 2. The maximum absolute atomic E-state index is 13.3. The summed E-state index contributed by atoms with van der Waals surface area (Å²) in [4.78, 5) is 19.5. The quantitative estimate of drug-likeness (QED) is 0.403. The zero-order chi connectivity index (χ0) is 24.5. The van der Waals surface area contributed by atoms with Gasteiger partial charge in [0, 0.05) is 11.3 Å². The lowest BCUT2D eigenvalue weighted by Crippen LogP contribution is -2.46. The van der Waals surface area contributed by atoms with E-state index in [0.29, 0.717) is 34.1 Å². The van der Waals surface area contributed by atoms with Crippen LogP contribution in [0.1, 0.15) is 30.0 Å². The van der Waals surface area contributed by atoms with Crippen LogP contribution in [-0.2, 0) is 0 Å². The van der Waals surface area contributed by atoms with E-state index in [4.69, 9.17) is 9.26 Å². The first-order chi connectivity index (χ1) is 17.0. The Hall–Kier alpha value is -4.59. The summed E-state index contributed by atoms with van der Waals surface area (Å²) in [5, 5.41) is 17.6. The van der Waals surface area contributed by atoms with Crippen LogP contribution in [0.4, 0.5) is 10.5 Å². The molecule has 5 rings (SSSR count). The number of nitrogens with one attached hydrogen (secondary N) is 1. The average molecular weight is 469 g/mol. The minimum absolute atomic E-state index is 0.0346. The molecule has 0 fully saturated rings. The van der Waals surface area contributed by atoms with Crippen LogP contribution in [0, 0.1) is 6.92 Å². The second kappa shape index (κ2) is 8.98. The van der Waals surface area contributed by atoms with Crippen LogP contribution in [0.5, 0.6) is 11.5 Å². The Morgan fingerprint density at radius 1 is 1.03 bits per heavy atom. The van der Waals surface area contributed by atoms with Crippen LogP contribution in [0.2, 0.25) is 0 Å². The standard InChI is InChI=1S/C27H24N4O4/c1-16-9-11-18(12-10-16)25-29-26(35-30-25)23-17(2)31(20-7-5-4-6-8-20)27(33)28-24(23)19-13-14-22(34-3)21(32)15-19/h4-15,24,32H,1-3H3,(H,28,33). The summed E-state index contributed by atoms with van der Waals surface area (Å²) < 4.78 is 10.9. The van der Waals surface area contributed by atoms with E-state index in [1.807, 2.05) is 68.4 Å². The highest BCUT2D eigenvalue weighted by Crippen LogP contribution is 2.41. The van der Waals surface area contributed by atoms with Crippen molar-refractivity contribution in [3.63, 3.8) is 0 Å². The van der Waals surface area contributed by atoms with Crippen molar-refractivity contribution < 1.29 is 19.2 Å². The number of rotatable bonds is 5. The number of carbonyl (C=O) groups is 1. The first-order valence-electron chi connectivity index (χ1n) is 11.1. The number of urea groups is 1. The highest BCUT2D eigenvalue weighted by Gasteiger charge is 2.36. The number of benzene rings is 3. The molecule has 1 aromatic heterocycles. The fourth-order valence-electron chi connectivity index (χ4n) is 4.20. The second-order valence-electron chi connectivity index (χ2n) is 8.27. The second-order valence-corrected chi connectivity index (χ2v) is 8.27. The molecule has 1 atom stereocenters. The summed E-state index contributed by atoms with van der Waals surface area (Å²) in [7, 11) is 1.48. The third-order valence-electron chi connectivity index (χ3n) is 6.00. The van der Waals surface area contributed by atoms with E-state index < -0.39 is 6.04 Å². The Bertz CT molecular complexity index is 1410. The molecule has 8 nitrogen and oxygen atoms in total. The lowest BCUT2D eigenvalue weighted by Gasteiger charge is -2.35. The van der Waals surface area contributed by atoms with Crippen molar-refractivity contribution in [3.05, 3.63) is 95.5 Å². The highest BCUT2D eigenvalue weighted by molar-refractivity contribution is 6.01. The monoisotopic (exact) mass is 468 g/mol. The Kier molecular flexibility index (Phi) is 5.70. The zero-order valence-corrected chi connectivity index (χ0v) is 19.5. The molecule has 0 bridgehead atoms. The Balaban J connectivity index is 1.65. The van der Waals surface area contributed by atoms with Gasteiger partial charge in [-0.3, -0.25) is 4.90 Å². The SMILES string of the molecule is COc1ccc(C2NC(=O)N(c3ccccc3)C(C)=C2c2nc(-c3ccc(C)cc3)no2)cc1O. The average Bonchev–Trinajstić information content (AvgIpc) is 3.34. The molecule has 8 heteroatoms. The van der Waals surface area contributed by atoms with Crippen LogP contribution in [0.3, 0.4) is 0 Å². The molecule has 0 spiro atoms. The number of hydrogen-bond acceptors (Lipinski definition) is 6. The van der Waals surface area contributed by atoms with Crippen LogP contribution < -0.4 is 15.0 Å². The number of amides is 2. The molecular formula is C27H24N4O4. The Morgan fingerprint density at radius 2 is 1.77 bits per heavy atom. The molecule has 0 radical (unpaired) electrons. The molecule has 1 aliphatic heterocycles. The number of aromatic hydroxyl groups is 1. The molecule has 1 unspecified atom stereocenters. The van der Waals surface area contributed by atoms with Gasteiger partial charge in [-0.1, -0.05) is 59.3 Å². The van der Waals surface area contributed by atoms with Crippen molar-refractivity contribution >= 4 is 17.3 Å². The van der Waals surface area contributed by atoms with Crippen molar-refractivity contribution in [2.24, 2.45) is 0 Å². The van der Waals surface area contributed by atoms with Gasteiger partial charge < -0.3 is 19.7 Å². The number of phenolic OH excluding ortho intramolecular Hbond substituents is 1. The van der Waals surface area contributed by atoms with E-state index in [0.717, 1.165) is 11.1 Å². The molecule has 1 aliphatic rings. The van der Waals surface area contributed by atoms with E-state index in [1.165, 1.54) is 7.11 Å². The number of anilines is 1. The lowest BCUT2D eigenvalue weighted by molar-refractivity contribution is 0.244. The van der Waals surface area contributed by atoms with Gasteiger partial charge in [0.1, 0.15) is 0 Å². The van der Waals surface area contributed by atoms with Crippen molar-refractivity contribution in [1.82, 2.24) is 15.5 Å². The maximum Gasteiger partial charge on any atom is 0.326 e. The molecule has 0 saturated heterocycles. The Labute approximate surface area is 202 Å². The zero-order valence-electron chi connectivity index (χ0n) is 19.5. The summed E-state index contributed by atoms with van der Waals surface area (Å²) >= 11 is 0. The molecule has 2 amide bonds. The number of allylic oxidation sites excluding steroid dienone is 1. The predicted octanol–water partition coefficient (Wildman–Crippen LogP) is 5.46. The van der Waals surface area contributed by atoms with Crippen molar-refractivity contribution in [3.8, 4) is 22.9 Å². The summed E-state index contributed by atoms with van der Waals surface area (Å²) in [6.45, 7) is 3.85. The van der Waals surface area contributed by atoms with Gasteiger partial charge >= 0.3 is 6.03 Å². The molecule has 4 aromatic rings. The van der Waals surface area contributed by atoms with E-state index in [9.17, 15) is 9.90 Å². The fraction of sp³-hybridized carbons (Fsp3) is 0.148. The molecule has 0 aliphatic carbocycles. The molecular weight excluding hydrogens is 444 g/mol. The van der Waals surface area contributed by atoms with Crippen LogP contribution in [-0.4, -0.2) is 28.4 Å². The number of phenols is 1. The normalized spacial score (nSPS) is 15.8. The minimum Gasteiger partial charge on any atom is -0.504 e. The predicted molar refractivity (Wildman–Crippen MR) is 132 cm³/mol. The fourth-order valence-corrected chi connectivity index (χ4v) is 4.20. The Morgan fingerprint density at radius 3 is 2.46 bits per heavy atom. The van der Waals surface area contributed by atoms with Gasteiger partial charge in [0.25, 0.3) is 5.89 Å². The number of aromatic nitrogens is 2. The molecule has 176 valence electrons. The van der Waals surface area contributed by atoms with Crippen molar-refractivity contribution in [2.45, 2.75) is 19.9 Å². The number of carbonyl (C=O) groups excluding carboxylic acids is 1. The third-order valence-corrected chi connectivity index (χ3v) is 6.00. The van der Waals surface area contributed by atoms with E-state index in [1.54, 1.807) is 23.1 Å². The summed E-state index contributed by atoms with van der Waals surface area (Å²) in [6, 6.07) is 21.2. The largest absolute Gasteiger partial charge is 0.504 e. The smallest absolute Gasteiger partial charge is 0.326 e. The van der Waals surface area contributed by atoms with Crippen LogP contribution >= 0.6 is 0 Å². The molecule has 2 N–H and O–H groups in total. The van der Waals surface area contributed by atoms with E-state index in [-0.39, 0.29) is 17.7 Å². The van der Waals surface area contributed by atoms with E-state index in [2.05, 4.69) is 15.5 Å². The third kappa shape index (κ3) is 4.10. The first kappa shape index (κ1) is 22.2. The van der Waals surface area contributed by atoms with Gasteiger partial charge in [0.15, 0.2) is 11.5 Å². The summed E-state index contributed by atoms with van der Waals surface area (Å²) in [6.07, 6.45) is 0. The summed E-state index contributed by atoms with van der Waals surface area (Å²) in [5.41, 5.74) is 4.57. The van der Waals surface area contributed by atoms with Crippen LogP contribution in [0.15, 0.2) is 83.0 Å². The van der Waals surface area contributed by atoms with Crippen LogP contribution in [0.25, 0.3) is 17.0 Å². The van der Waals surface area contributed by atoms with Crippen molar-refractivity contribution in [1.29, 1.82) is 0 Å². The first-order valence-corrected chi connectivity index (χ1v) is 11.1. The maximum atomic E-state index is 13.3. The van der Waals surface area contributed by atoms with Gasteiger partial charge in [0.2, 0.25) is 5.82 Å². The molecule has 2 heterocycles. The number of nitrogens with zero attached hydrogens (tertiary/aromatic N) is 3. The number of aryl methyl sites for hydroxylation is 1. The number of ether oxygens (including phenoxy) is 1.